The van der Waals surface area contributed by atoms with Crippen LogP contribution in [0.2, 0.25) is 0 Å². The number of nitrogens with zero attached hydrogens (tertiary/aromatic N) is 2. The molecule has 0 atom stereocenters. The lowest BCUT2D eigenvalue weighted by Gasteiger charge is -2.07. The zero-order chi connectivity index (χ0) is 13.8. The third-order valence-corrected chi connectivity index (χ3v) is 3.09. The van der Waals surface area contributed by atoms with E-state index in [0.29, 0.717) is 6.54 Å². The van der Waals surface area contributed by atoms with Crippen LogP contribution in [-0.2, 0) is 13.1 Å². The van der Waals surface area contributed by atoms with Gasteiger partial charge in [-0.1, -0.05) is 17.7 Å². The lowest BCUT2D eigenvalue weighted by atomic mass is 10.1. The molecule has 0 unspecified atom stereocenters. The quantitative estimate of drug-likeness (QED) is 0.914. The van der Waals surface area contributed by atoms with E-state index in [1.807, 2.05) is 49.8 Å². The Morgan fingerprint density at radius 2 is 2.16 bits per heavy atom. The minimum Gasteiger partial charge on any atom is -0.348 e. The highest BCUT2D eigenvalue weighted by molar-refractivity contribution is 5.95. The van der Waals surface area contributed by atoms with Gasteiger partial charge in [-0.15, -0.1) is 0 Å². The van der Waals surface area contributed by atoms with Crippen LogP contribution in [0.5, 0.6) is 0 Å². The first-order chi connectivity index (χ1) is 9.10. The van der Waals surface area contributed by atoms with E-state index in [2.05, 4.69) is 10.4 Å². The molecule has 2 rings (SSSR count). The van der Waals surface area contributed by atoms with Gasteiger partial charge < -0.3 is 5.32 Å². The van der Waals surface area contributed by atoms with Crippen LogP contribution in [0.15, 0.2) is 30.6 Å². The molecule has 0 saturated heterocycles. The summed E-state index contributed by atoms with van der Waals surface area (Å²) in [6.45, 7) is 7.35. The summed E-state index contributed by atoms with van der Waals surface area (Å²) in [6.07, 6.45) is 3.73. The monoisotopic (exact) mass is 257 g/mol. The van der Waals surface area contributed by atoms with Crippen LogP contribution in [0.1, 0.15) is 34.0 Å². The Morgan fingerprint density at radius 1 is 1.37 bits per heavy atom. The standard InChI is InChI=1S/C15H19N3O/c1-4-18-10-13(9-17-18)8-16-15(19)14-6-5-11(2)7-12(14)3/h5-7,9-10H,4,8H2,1-3H3,(H,16,19). The maximum atomic E-state index is 12.1. The molecule has 100 valence electrons. The molecule has 0 saturated carbocycles. The zero-order valence-electron chi connectivity index (χ0n) is 11.6. The summed E-state index contributed by atoms with van der Waals surface area (Å²) < 4.78 is 1.85. The first-order valence-electron chi connectivity index (χ1n) is 6.47. The number of benzene rings is 1. The largest absolute Gasteiger partial charge is 0.348 e. The molecule has 0 aliphatic carbocycles. The molecule has 1 amide bonds. The van der Waals surface area contributed by atoms with Crippen molar-refractivity contribution in [1.29, 1.82) is 0 Å². The molecule has 0 bridgehead atoms. The van der Waals surface area contributed by atoms with Gasteiger partial charge >= 0.3 is 0 Å². The maximum absolute atomic E-state index is 12.1. The van der Waals surface area contributed by atoms with Crippen molar-refractivity contribution < 1.29 is 4.79 Å². The third-order valence-electron chi connectivity index (χ3n) is 3.09. The van der Waals surface area contributed by atoms with E-state index in [-0.39, 0.29) is 5.91 Å². The van der Waals surface area contributed by atoms with Gasteiger partial charge in [-0.25, -0.2) is 0 Å². The molecule has 2 aromatic rings. The van der Waals surface area contributed by atoms with Crippen LogP contribution in [0.25, 0.3) is 0 Å². The molecule has 1 aromatic heterocycles. The molecule has 4 nitrogen and oxygen atoms in total. The van der Waals surface area contributed by atoms with Crippen molar-refractivity contribution in [2.45, 2.75) is 33.9 Å². The Bertz CT molecular complexity index is 587. The van der Waals surface area contributed by atoms with Crippen LogP contribution in [-0.4, -0.2) is 15.7 Å². The summed E-state index contributed by atoms with van der Waals surface area (Å²) in [6, 6.07) is 5.84. The summed E-state index contributed by atoms with van der Waals surface area (Å²) in [5.41, 5.74) is 3.91. The molecule has 0 aliphatic heterocycles. The van der Waals surface area contributed by atoms with Crippen molar-refractivity contribution in [1.82, 2.24) is 15.1 Å². The summed E-state index contributed by atoms with van der Waals surface area (Å²) in [5.74, 6) is -0.0400. The highest BCUT2D eigenvalue weighted by atomic mass is 16.1. The molecular formula is C15H19N3O. The lowest BCUT2D eigenvalue weighted by Crippen LogP contribution is -2.23. The zero-order valence-corrected chi connectivity index (χ0v) is 11.6. The highest BCUT2D eigenvalue weighted by Crippen LogP contribution is 2.10. The van der Waals surface area contributed by atoms with Gasteiger partial charge in [0.25, 0.3) is 5.91 Å². The molecule has 4 heteroatoms. The van der Waals surface area contributed by atoms with Crippen molar-refractivity contribution in [2.24, 2.45) is 0 Å². The van der Waals surface area contributed by atoms with Crippen LogP contribution in [0.4, 0.5) is 0 Å². The molecule has 0 radical (unpaired) electrons. The van der Waals surface area contributed by atoms with Crippen molar-refractivity contribution in [3.8, 4) is 0 Å². The highest BCUT2D eigenvalue weighted by Gasteiger charge is 2.08. The average Bonchev–Trinajstić information content (AvgIpc) is 2.84. The number of carbonyl (C=O) groups is 1. The third kappa shape index (κ3) is 3.22. The van der Waals surface area contributed by atoms with Gasteiger partial charge in [0.2, 0.25) is 0 Å². The molecule has 19 heavy (non-hydrogen) atoms. The van der Waals surface area contributed by atoms with Gasteiger partial charge in [0, 0.05) is 30.4 Å². The van der Waals surface area contributed by atoms with Crippen molar-refractivity contribution in [3.05, 3.63) is 52.8 Å². The smallest absolute Gasteiger partial charge is 0.251 e. The predicted octanol–water partition coefficient (Wildman–Crippen LogP) is 2.45. The van der Waals surface area contributed by atoms with Gasteiger partial charge in [-0.05, 0) is 32.4 Å². The second-order valence-electron chi connectivity index (χ2n) is 4.71. The van der Waals surface area contributed by atoms with Crippen molar-refractivity contribution in [3.63, 3.8) is 0 Å². The summed E-state index contributed by atoms with van der Waals surface area (Å²) >= 11 is 0. The number of carbonyl (C=O) groups excluding carboxylic acids is 1. The van der Waals surface area contributed by atoms with E-state index in [1.165, 1.54) is 5.56 Å². The second kappa shape index (κ2) is 5.69. The number of hydrogen-bond donors (Lipinski definition) is 1. The molecule has 1 N–H and O–H groups in total. The van der Waals surface area contributed by atoms with Gasteiger partial charge in [-0.3, -0.25) is 9.48 Å². The average molecular weight is 257 g/mol. The lowest BCUT2D eigenvalue weighted by molar-refractivity contribution is 0.0950. The van der Waals surface area contributed by atoms with Gasteiger partial charge in [0.15, 0.2) is 0 Å². The van der Waals surface area contributed by atoms with Gasteiger partial charge in [0.1, 0.15) is 0 Å². The topological polar surface area (TPSA) is 46.9 Å². The normalized spacial score (nSPS) is 10.5. The summed E-state index contributed by atoms with van der Waals surface area (Å²) in [4.78, 5) is 12.1. The SMILES string of the molecule is CCn1cc(CNC(=O)c2ccc(C)cc2C)cn1. The number of nitrogens with one attached hydrogen (secondary N) is 1. The van der Waals surface area contributed by atoms with Crippen LogP contribution in [0.3, 0.4) is 0 Å². The maximum Gasteiger partial charge on any atom is 0.251 e. The van der Waals surface area contributed by atoms with E-state index >= 15 is 0 Å². The van der Waals surface area contributed by atoms with E-state index in [9.17, 15) is 4.79 Å². The molecule has 0 aliphatic rings. The molecule has 1 aromatic carbocycles. The fourth-order valence-corrected chi connectivity index (χ4v) is 2.02. The summed E-state index contributed by atoms with van der Waals surface area (Å²) in [5, 5.41) is 7.10. The van der Waals surface area contributed by atoms with Gasteiger partial charge in [0.05, 0.1) is 6.20 Å². The number of rotatable bonds is 4. The summed E-state index contributed by atoms with van der Waals surface area (Å²) in [7, 11) is 0. The van der Waals surface area contributed by atoms with Crippen molar-refractivity contribution in [2.75, 3.05) is 0 Å². The first kappa shape index (κ1) is 13.3. The molecule has 0 fully saturated rings. The van der Waals surface area contributed by atoms with Crippen LogP contribution >= 0.6 is 0 Å². The van der Waals surface area contributed by atoms with E-state index in [0.717, 1.165) is 23.2 Å². The Balaban J connectivity index is 2.01. The molecule has 1 heterocycles. The van der Waals surface area contributed by atoms with Gasteiger partial charge in [-0.2, -0.15) is 5.10 Å². The molecule has 0 spiro atoms. The Labute approximate surface area is 113 Å². The number of amides is 1. The minimum absolute atomic E-state index is 0.0400. The first-order valence-corrected chi connectivity index (χ1v) is 6.47. The van der Waals surface area contributed by atoms with Crippen LogP contribution in [0, 0.1) is 13.8 Å². The second-order valence-corrected chi connectivity index (χ2v) is 4.71. The minimum atomic E-state index is -0.0400. The van der Waals surface area contributed by atoms with E-state index < -0.39 is 0 Å². The fourth-order valence-electron chi connectivity index (χ4n) is 2.02. The Hall–Kier alpha value is -2.10. The number of aryl methyl sites for hydroxylation is 3. The van der Waals surface area contributed by atoms with E-state index in [1.54, 1.807) is 6.20 Å². The molecular weight excluding hydrogens is 238 g/mol. The van der Waals surface area contributed by atoms with E-state index in [4.69, 9.17) is 0 Å². The van der Waals surface area contributed by atoms with Crippen molar-refractivity contribution >= 4 is 5.91 Å². The number of hydrogen-bond acceptors (Lipinski definition) is 2. The Kier molecular flexibility index (Phi) is 4.00. The predicted molar refractivity (Wildman–Crippen MR) is 75.0 cm³/mol. The number of aromatic nitrogens is 2. The fraction of sp³-hybridized carbons (Fsp3) is 0.333. The Morgan fingerprint density at radius 3 is 2.79 bits per heavy atom. The van der Waals surface area contributed by atoms with Crippen LogP contribution < -0.4 is 5.32 Å².